The number of nitrogens with two attached hydrogens (primary N) is 1. The summed E-state index contributed by atoms with van der Waals surface area (Å²) in [7, 11) is 0. The average Bonchev–Trinajstić information content (AvgIpc) is 2.77. The lowest BCUT2D eigenvalue weighted by atomic mass is 9.94. The molecule has 2 saturated heterocycles. The number of rotatable bonds is 4. The SMILES string of the molecule is CC(C)(C)OC(=O)NC1CC[C@H](C(N)=O)O[C@H]1CC1COC(C)(C)O1. The first kappa shape index (κ1) is 19.9. The van der Waals surface area contributed by atoms with Crippen LogP contribution in [0.5, 0.6) is 0 Å². The minimum absolute atomic E-state index is 0.172. The number of nitrogens with one attached hydrogen (secondary N) is 1. The standard InChI is InChI=1S/C17H30N2O6/c1-16(2,3)25-15(21)19-11-6-7-12(14(18)20)23-13(11)8-10-9-22-17(4,5)24-10/h10-13H,6-9H2,1-5H3,(H2,18,20)(H,19,21)/t10?,11?,12-,13+/m1/s1. The Morgan fingerprint density at radius 3 is 2.48 bits per heavy atom. The fourth-order valence-electron chi connectivity index (χ4n) is 3.08. The van der Waals surface area contributed by atoms with E-state index in [2.05, 4.69) is 5.32 Å². The van der Waals surface area contributed by atoms with Gasteiger partial charge in [-0.15, -0.1) is 0 Å². The van der Waals surface area contributed by atoms with Gasteiger partial charge in [-0.1, -0.05) is 0 Å². The van der Waals surface area contributed by atoms with Gasteiger partial charge in [-0.3, -0.25) is 4.79 Å². The molecule has 2 amide bonds. The second kappa shape index (κ2) is 7.47. The van der Waals surface area contributed by atoms with Gasteiger partial charge in [0, 0.05) is 6.42 Å². The normalized spacial score (nSPS) is 32.2. The fourth-order valence-corrected chi connectivity index (χ4v) is 3.08. The van der Waals surface area contributed by atoms with Crippen LogP contribution in [-0.4, -0.2) is 54.3 Å². The highest BCUT2D eigenvalue weighted by atomic mass is 16.7. The maximum Gasteiger partial charge on any atom is 0.407 e. The molecule has 0 bridgehead atoms. The monoisotopic (exact) mass is 358 g/mol. The van der Waals surface area contributed by atoms with Crippen LogP contribution in [0.4, 0.5) is 4.79 Å². The van der Waals surface area contributed by atoms with Gasteiger partial charge in [-0.25, -0.2) is 4.79 Å². The van der Waals surface area contributed by atoms with E-state index in [-0.39, 0.29) is 12.1 Å². The van der Waals surface area contributed by atoms with Crippen molar-refractivity contribution in [3.8, 4) is 0 Å². The van der Waals surface area contributed by atoms with Crippen molar-refractivity contribution in [1.29, 1.82) is 0 Å². The number of hydrogen-bond donors (Lipinski definition) is 2. The van der Waals surface area contributed by atoms with E-state index in [0.717, 1.165) is 0 Å². The molecule has 2 unspecified atom stereocenters. The van der Waals surface area contributed by atoms with Crippen molar-refractivity contribution >= 4 is 12.0 Å². The van der Waals surface area contributed by atoms with Gasteiger partial charge < -0.3 is 30.0 Å². The van der Waals surface area contributed by atoms with Crippen LogP contribution in [0.1, 0.15) is 53.9 Å². The molecule has 3 N–H and O–H groups in total. The summed E-state index contributed by atoms with van der Waals surface area (Å²) in [6.07, 6.45) is -0.206. The second-order valence-electron chi connectivity index (χ2n) is 8.08. The Hall–Kier alpha value is -1.38. The highest BCUT2D eigenvalue weighted by Crippen LogP contribution is 2.29. The summed E-state index contributed by atoms with van der Waals surface area (Å²) in [5.41, 5.74) is 4.79. The topological polar surface area (TPSA) is 109 Å². The molecule has 0 aromatic carbocycles. The molecule has 2 aliphatic heterocycles. The van der Waals surface area contributed by atoms with Crippen molar-refractivity contribution < 1.29 is 28.5 Å². The van der Waals surface area contributed by atoms with Gasteiger partial charge in [-0.2, -0.15) is 0 Å². The summed E-state index contributed by atoms with van der Waals surface area (Å²) in [5.74, 6) is -1.14. The van der Waals surface area contributed by atoms with Crippen LogP contribution in [-0.2, 0) is 23.7 Å². The van der Waals surface area contributed by atoms with E-state index < -0.39 is 35.6 Å². The van der Waals surface area contributed by atoms with Crippen molar-refractivity contribution in [2.24, 2.45) is 5.73 Å². The van der Waals surface area contributed by atoms with Crippen LogP contribution in [0.15, 0.2) is 0 Å². The Balaban J connectivity index is 2.00. The first-order valence-electron chi connectivity index (χ1n) is 8.71. The minimum Gasteiger partial charge on any atom is -0.444 e. The van der Waals surface area contributed by atoms with E-state index in [1.54, 1.807) is 20.8 Å². The van der Waals surface area contributed by atoms with Crippen LogP contribution in [0, 0.1) is 0 Å². The van der Waals surface area contributed by atoms with Crippen LogP contribution in [0.2, 0.25) is 0 Å². The fraction of sp³-hybridized carbons (Fsp3) is 0.882. The van der Waals surface area contributed by atoms with Crippen molar-refractivity contribution in [2.75, 3.05) is 6.61 Å². The summed E-state index contributed by atoms with van der Waals surface area (Å²) in [4.78, 5) is 23.6. The van der Waals surface area contributed by atoms with E-state index >= 15 is 0 Å². The molecule has 2 aliphatic rings. The maximum atomic E-state index is 12.1. The van der Waals surface area contributed by atoms with Crippen LogP contribution >= 0.6 is 0 Å². The van der Waals surface area contributed by atoms with Crippen LogP contribution in [0.3, 0.4) is 0 Å². The van der Waals surface area contributed by atoms with Crippen LogP contribution in [0.25, 0.3) is 0 Å². The molecule has 8 nitrogen and oxygen atoms in total. The van der Waals surface area contributed by atoms with Gasteiger partial charge >= 0.3 is 6.09 Å². The summed E-state index contributed by atoms with van der Waals surface area (Å²) in [6.45, 7) is 9.53. The molecule has 144 valence electrons. The summed E-state index contributed by atoms with van der Waals surface area (Å²) >= 11 is 0. The third-order valence-electron chi connectivity index (χ3n) is 4.11. The molecule has 0 spiro atoms. The van der Waals surface area contributed by atoms with Crippen molar-refractivity contribution in [1.82, 2.24) is 5.32 Å². The number of amides is 2. The molecule has 2 heterocycles. The lowest BCUT2D eigenvalue weighted by Gasteiger charge is -2.37. The average molecular weight is 358 g/mol. The smallest absolute Gasteiger partial charge is 0.407 e. The molecule has 0 radical (unpaired) electrons. The van der Waals surface area contributed by atoms with Gasteiger partial charge in [0.25, 0.3) is 0 Å². The number of alkyl carbamates (subject to hydrolysis) is 1. The van der Waals surface area contributed by atoms with Crippen molar-refractivity contribution in [2.45, 2.75) is 89.6 Å². The number of carbonyl (C=O) groups is 2. The quantitative estimate of drug-likeness (QED) is 0.787. The molecule has 0 aliphatic carbocycles. The first-order valence-corrected chi connectivity index (χ1v) is 8.71. The zero-order chi connectivity index (χ0) is 18.8. The van der Waals surface area contributed by atoms with E-state index in [4.69, 9.17) is 24.7 Å². The van der Waals surface area contributed by atoms with Gasteiger partial charge in [0.1, 0.15) is 11.7 Å². The predicted octanol–water partition coefficient (Wildman–Crippen LogP) is 1.45. The Morgan fingerprint density at radius 2 is 1.96 bits per heavy atom. The molecule has 0 saturated carbocycles. The second-order valence-corrected chi connectivity index (χ2v) is 8.08. The van der Waals surface area contributed by atoms with Gasteiger partial charge in [0.15, 0.2) is 5.79 Å². The van der Waals surface area contributed by atoms with E-state index in [1.807, 2.05) is 13.8 Å². The highest BCUT2D eigenvalue weighted by Gasteiger charge is 2.40. The molecule has 0 aromatic rings. The Kier molecular flexibility index (Phi) is 5.96. The lowest BCUT2D eigenvalue weighted by molar-refractivity contribution is -0.155. The molecule has 25 heavy (non-hydrogen) atoms. The highest BCUT2D eigenvalue weighted by molar-refractivity contribution is 5.79. The van der Waals surface area contributed by atoms with Gasteiger partial charge in [0.2, 0.25) is 5.91 Å². The van der Waals surface area contributed by atoms with Crippen LogP contribution < -0.4 is 11.1 Å². The van der Waals surface area contributed by atoms with E-state index in [9.17, 15) is 9.59 Å². The molecule has 2 rings (SSSR count). The minimum atomic E-state index is -0.656. The number of primary amides is 1. The molecule has 2 fully saturated rings. The first-order chi connectivity index (χ1) is 11.5. The number of ether oxygens (including phenoxy) is 4. The molecule has 0 aromatic heterocycles. The lowest BCUT2D eigenvalue weighted by Crippen LogP contribution is -2.53. The van der Waals surface area contributed by atoms with Crippen molar-refractivity contribution in [3.63, 3.8) is 0 Å². The Bertz CT molecular complexity index is 502. The largest absolute Gasteiger partial charge is 0.444 e. The summed E-state index contributed by atoms with van der Waals surface area (Å²) in [5, 5.41) is 2.85. The Morgan fingerprint density at radius 1 is 1.28 bits per heavy atom. The Labute approximate surface area is 148 Å². The maximum absolute atomic E-state index is 12.1. The molecular weight excluding hydrogens is 328 g/mol. The van der Waals surface area contributed by atoms with Crippen molar-refractivity contribution in [3.05, 3.63) is 0 Å². The molecule has 4 atom stereocenters. The number of hydrogen-bond acceptors (Lipinski definition) is 6. The molecule has 8 heteroatoms. The predicted molar refractivity (Wildman–Crippen MR) is 89.8 cm³/mol. The summed E-state index contributed by atoms with van der Waals surface area (Å²) < 4.78 is 22.5. The number of carbonyl (C=O) groups excluding carboxylic acids is 2. The third kappa shape index (κ3) is 6.13. The van der Waals surface area contributed by atoms with Gasteiger partial charge in [0.05, 0.1) is 24.9 Å². The zero-order valence-corrected chi connectivity index (χ0v) is 15.7. The van der Waals surface area contributed by atoms with Gasteiger partial charge in [-0.05, 0) is 47.5 Å². The van der Waals surface area contributed by atoms with E-state index in [1.165, 1.54) is 0 Å². The van der Waals surface area contributed by atoms with E-state index in [0.29, 0.717) is 25.9 Å². The third-order valence-corrected chi connectivity index (χ3v) is 4.11. The zero-order valence-electron chi connectivity index (χ0n) is 15.7. The summed E-state index contributed by atoms with van der Waals surface area (Å²) in [6, 6.07) is -0.280. The molecular formula is C17H30N2O6.